The monoisotopic (exact) mass is 411 g/mol. The summed E-state index contributed by atoms with van der Waals surface area (Å²) in [6.07, 6.45) is 3.33. The third-order valence-corrected chi connectivity index (χ3v) is 5.78. The number of nitrogens with zero attached hydrogens (tertiary/aromatic N) is 1. The number of hydrogen-bond acceptors (Lipinski definition) is 3. The molecule has 1 aromatic heterocycles. The maximum atomic E-state index is 12.6. The van der Waals surface area contributed by atoms with Crippen LogP contribution in [0.15, 0.2) is 64.2 Å². The fraction of sp³-hybridized carbons (Fsp3) is 0. The first kappa shape index (κ1) is 16.0. The molecular formula is C15H11BrClN3O2S. The van der Waals surface area contributed by atoms with Crippen LogP contribution in [-0.2, 0) is 10.0 Å². The van der Waals surface area contributed by atoms with Gasteiger partial charge in [-0.1, -0.05) is 29.8 Å². The first-order valence-electron chi connectivity index (χ1n) is 6.53. The average Bonchev–Trinajstić information content (AvgIpc) is 3.04. The third-order valence-electron chi connectivity index (χ3n) is 3.18. The summed E-state index contributed by atoms with van der Waals surface area (Å²) in [7, 11) is -3.75. The van der Waals surface area contributed by atoms with Crippen LogP contribution in [0.5, 0.6) is 0 Å². The highest BCUT2D eigenvalue weighted by Crippen LogP contribution is 2.30. The van der Waals surface area contributed by atoms with Crippen LogP contribution in [0, 0.1) is 0 Å². The number of aromatic nitrogens is 2. The minimum atomic E-state index is -3.75. The van der Waals surface area contributed by atoms with Gasteiger partial charge in [-0.3, -0.25) is 9.82 Å². The van der Waals surface area contributed by atoms with Crippen LogP contribution in [-0.4, -0.2) is 18.6 Å². The SMILES string of the molecule is O=S(=O)(Nc1ccccc1-c1cn[nH]c1)c1ccc(Br)c(Cl)c1. The molecule has 0 aliphatic heterocycles. The summed E-state index contributed by atoms with van der Waals surface area (Å²) < 4.78 is 28.4. The maximum Gasteiger partial charge on any atom is 0.261 e. The second-order valence-corrected chi connectivity index (χ2v) is 7.66. The normalized spacial score (nSPS) is 11.4. The van der Waals surface area contributed by atoms with Crippen molar-refractivity contribution in [3.8, 4) is 11.1 Å². The Balaban J connectivity index is 2.00. The number of hydrogen-bond donors (Lipinski definition) is 2. The molecular weight excluding hydrogens is 402 g/mol. The van der Waals surface area contributed by atoms with E-state index >= 15 is 0 Å². The summed E-state index contributed by atoms with van der Waals surface area (Å²) in [5.41, 5.74) is 1.98. The fourth-order valence-electron chi connectivity index (χ4n) is 2.07. The summed E-state index contributed by atoms with van der Waals surface area (Å²) in [5, 5.41) is 6.93. The van der Waals surface area contributed by atoms with Crippen molar-refractivity contribution < 1.29 is 8.42 Å². The van der Waals surface area contributed by atoms with Crippen LogP contribution in [0.1, 0.15) is 0 Å². The van der Waals surface area contributed by atoms with Crippen molar-refractivity contribution in [1.82, 2.24) is 10.2 Å². The third kappa shape index (κ3) is 3.41. The zero-order valence-corrected chi connectivity index (χ0v) is 14.8. The van der Waals surface area contributed by atoms with Gasteiger partial charge in [-0.05, 0) is 40.2 Å². The molecule has 0 fully saturated rings. The van der Waals surface area contributed by atoms with Crippen LogP contribution in [0.2, 0.25) is 5.02 Å². The van der Waals surface area contributed by atoms with E-state index in [0.717, 1.165) is 11.1 Å². The highest BCUT2D eigenvalue weighted by molar-refractivity contribution is 9.10. The molecule has 3 aromatic rings. The van der Waals surface area contributed by atoms with E-state index in [-0.39, 0.29) is 4.90 Å². The summed E-state index contributed by atoms with van der Waals surface area (Å²) >= 11 is 9.23. The van der Waals surface area contributed by atoms with Gasteiger partial charge in [0.05, 0.1) is 21.8 Å². The Labute approximate surface area is 146 Å². The molecule has 23 heavy (non-hydrogen) atoms. The minimum absolute atomic E-state index is 0.0905. The molecule has 118 valence electrons. The van der Waals surface area contributed by atoms with Gasteiger partial charge in [0.1, 0.15) is 0 Å². The standard InChI is InChI=1S/C15H11BrClN3O2S/c16-13-6-5-11(7-14(13)17)23(21,22)20-15-4-2-1-3-12(15)10-8-18-19-9-10/h1-9,20H,(H,18,19). The molecule has 0 saturated heterocycles. The van der Waals surface area contributed by atoms with Gasteiger partial charge in [0.25, 0.3) is 10.0 Å². The van der Waals surface area contributed by atoms with E-state index in [1.165, 1.54) is 12.1 Å². The van der Waals surface area contributed by atoms with Crippen LogP contribution in [0.25, 0.3) is 11.1 Å². The largest absolute Gasteiger partial charge is 0.285 e. The van der Waals surface area contributed by atoms with E-state index in [2.05, 4.69) is 30.8 Å². The lowest BCUT2D eigenvalue weighted by atomic mass is 10.1. The van der Waals surface area contributed by atoms with Crippen LogP contribution in [0.3, 0.4) is 0 Å². The van der Waals surface area contributed by atoms with Gasteiger partial charge in [-0.15, -0.1) is 0 Å². The zero-order chi connectivity index (χ0) is 16.4. The summed E-state index contributed by atoms with van der Waals surface area (Å²) in [6.45, 7) is 0. The van der Waals surface area contributed by atoms with Gasteiger partial charge < -0.3 is 0 Å². The van der Waals surface area contributed by atoms with Gasteiger partial charge in [0.15, 0.2) is 0 Å². The smallest absolute Gasteiger partial charge is 0.261 e. The molecule has 0 aliphatic carbocycles. The summed E-state index contributed by atoms with van der Waals surface area (Å²) in [6, 6.07) is 11.6. The molecule has 0 radical (unpaired) electrons. The predicted octanol–water partition coefficient (Wildman–Crippen LogP) is 4.29. The molecule has 0 amide bonds. The van der Waals surface area contributed by atoms with Crippen molar-refractivity contribution in [2.24, 2.45) is 0 Å². The van der Waals surface area contributed by atoms with Crippen molar-refractivity contribution in [2.75, 3.05) is 4.72 Å². The number of rotatable bonds is 4. The van der Waals surface area contributed by atoms with E-state index in [4.69, 9.17) is 11.6 Å². The Morgan fingerprint density at radius 2 is 1.96 bits per heavy atom. The van der Waals surface area contributed by atoms with Crippen molar-refractivity contribution in [1.29, 1.82) is 0 Å². The predicted molar refractivity (Wildman–Crippen MR) is 94.0 cm³/mol. The number of para-hydroxylation sites is 1. The molecule has 5 nitrogen and oxygen atoms in total. The first-order chi connectivity index (χ1) is 11.0. The lowest BCUT2D eigenvalue weighted by Crippen LogP contribution is -2.13. The Hall–Kier alpha value is -1.83. The Morgan fingerprint density at radius 1 is 1.17 bits per heavy atom. The number of anilines is 1. The molecule has 8 heteroatoms. The van der Waals surface area contributed by atoms with Crippen LogP contribution < -0.4 is 4.72 Å². The molecule has 3 rings (SSSR count). The lowest BCUT2D eigenvalue weighted by molar-refractivity contribution is 0.601. The molecule has 0 unspecified atom stereocenters. The average molecular weight is 413 g/mol. The fourth-order valence-corrected chi connectivity index (χ4v) is 3.67. The van der Waals surface area contributed by atoms with Crippen LogP contribution in [0.4, 0.5) is 5.69 Å². The zero-order valence-electron chi connectivity index (χ0n) is 11.6. The van der Waals surface area contributed by atoms with Crippen molar-refractivity contribution in [3.05, 3.63) is 64.4 Å². The number of sulfonamides is 1. The second kappa shape index (κ2) is 6.35. The van der Waals surface area contributed by atoms with E-state index in [9.17, 15) is 8.42 Å². The molecule has 0 spiro atoms. The van der Waals surface area contributed by atoms with E-state index in [0.29, 0.717) is 15.2 Å². The number of H-pyrrole nitrogens is 1. The molecule has 0 atom stereocenters. The molecule has 1 heterocycles. The Morgan fingerprint density at radius 3 is 2.65 bits per heavy atom. The number of aromatic amines is 1. The van der Waals surface area contributed by atoms with Gasteiger partial charge >= 0.3 is 0 Å². The van der Waals surface area contributed by atoms with Gasteiger partial charge in [0, 0.05) is 21.8 Å². The molecule has 0 aliphatic rings. The van der Waals surface area contributed by atoms with Crippen molar-refractivity contribution in [3.63, 3.8) is 0 Å². The summed E-state index contributed by atoms with van der Waals surface area (Å²) in [5.74, 6) is 0. The molecule has 0 saturated carbocycles. The van der Waals surface area contributed by atoms with Gasteiger partial charge in [-0.2, -0.15) is 5.10 Å². The quantitative estimate of drug-likeness (QED) is 0.671. The van der Waals surface area contributed by atoms with Crippen molar-refractivity contribution in [2.45, 2.75) is 4.90 Å². The Kier molecular flexibility index (Phi) is 4.43. The van der Waals surface area contributed by atoms with Crippen LogP contribution >= 0.6 is 27.5 Å². The molecule has 2 aromatic carbocycles. The first-order valence-corrected chi connectivity index (χ1v) is 9.19. The number of nitrogens with one attached hydrogen (secondary N) is 2. The minimum Gasteiger partial charge on any atom is -0.285 e. The molecule has 0 bridgehead atoms. The second-order valence-electron chi connectivity index (χ2n) is 4.71. The number of halogens is 2. The maximum absolute atomic E-state index is 12.6. The Bertz CT molecular complexity index is 943. The van der Waals surface area contributed by atoms with Gasteiger partial charge in [-0.25, -0.2) is 8.42 Å². The number of benzene rings is 2. The lowest BCUT2D eigenvalue weighted by Gasteiger charge is -2.12. The van der Waals surface area contributed by atoms with Crippen molar-refractivity contribution >= 4 is 43.2 Å². The highest BCUT2D eigenvalue weighted by atomic mass is 79.9. The van der Waals surface area contributed by atoms with Gasteiger partial charge in [0.2, 0.25) is 0 Å². The van der Waals surface area contributed by atoms with E-state index in [1.807, 2.05) is 12.1 Å². The molecule has 2 N–H and O–H groups in total. The topological polar surface area (TPSA) is 74.8 Å². The van der Waals surface area contributed by atoms with E-state index < -0.39 is 10.0 Å². The summed E-state index contributed by atoms with van der Waals surface area (Å²) in [4.78, 5) is 0.0905. The van der Waals surface area contributed by atoms with E-state index in [1.54, 1.807) is 30.6 Å². The highest BCUT2D eigenvalue weighted by Gasteiger charge is 2.17.